The van der Waals surface area contributed by atoms with Crippen LogP contribution in [0, 0.1) is 23.7 Å². The summed E-state index contributed by atoms with van der Waals surface area (Å²) < 4.78 is 0. The Morgan fingerprint density at radius 2 is 0.826 bits per heavy atom. The molecule has 2 fully saturated rings. The lowest BCUT2D eigenvalue weighted by atomic mass is 9.72. The van der Waals surface area contributed by atoms with Gasteiger partial charge in [0.1, 0.15) is 0 Å². The van der Waals surface area contributed by atoms with Crippen molar-refractivity contribution >= 4 is 0 Å². The summed E-state index contributed by atoms with van der Waals surface area (Å²) in [6.45, 7) is 4.66. The molecule has 0 atom stereocenters. The number of hydrogen-bond donors (Lipinski definition) is 0. The highest BCUT2D eigenvalue weighted by Gasteiger charge is 2.26. The molecule has 0 heterocycles. The van der Waals surface area contributed by atoms with Crippen LogP contribution < -0.4 is 0 Å². The van der Waals surface area contributed by atoms with Gasteiger partial charge in [0.25, 0.3) is 0 Å². The van der Waals surface area contributed by atoms with E-state index in [2.05, 4.69) is 13.8 Å². The Hall–Kier alpha value is 0. The quantitative estimate of drug-likeness (QED) is 0.356. The molecule has 0 amide bonds. The van der Waals surface area contributed by atoms with E-state index in [1.54, 1.807) is 57.8 Å². The highest BCUT2D eigenvalue weighted by Crippen LogP contribution is 2.40. The van der Waals surface area contributed by atoms with Crippen LogP contribution in [0.4, 0.5) is 0 Å². The molecule has 2 aliphatic rings. The fraction of sp³-hybridized carbons (Fsp3) is 1.00. The molecule has 2 rings (SSSR count). The summed E-state index contributed by atoms with van der Waals surface area (Å²) in [5, 5.41) is 0. The van der Waals surface area contributed by atoms with Crippen LogP contribution in [0.2, 0.25) is 0 Å². The summed E-state index contributed by atoms with van der Waals surface area (Å²) in [5.41, 5.74) is 0. The van der Waals surface area contributed by atoms with Gasteiger partial charge in [0, 0.05) is 0 Å². The molecule has 0 radical (unpaired) electrons. The van der Waals surface area contributed by atoms with Crippen molar-refractivity contribution < 1.29 is 0 Å². The Morgan fingerprint density at radius 3 is 1.17 bits per heavy atom. The van der Waals surface area contributed by atoms with Crippen LogP contribution in [-0.4, -0.2) is 0 Å². The lowest BCUT2D eigenvalue weighted by Crippen LogP contribution is -2.21. The second-order valence-electron chi connectivity index (χ2n) is 9.00. The van der Waals surface area contributed by atoms with Crippen LogP contribution in [0.15, 0.2) is 0 Å². The standard InChI is InChI=1S/C23H44/c1-3-5-7-9-20-11-15-22(16-12-20)19-23-17-13-21(14-18-23)10-8-6-4-2/h20-23H,3-19H2,1-2H3/t20-,21?,22-,23?. The van der Waals surface area contributed by atoms with Crippen molar-refractivity contribution in [1.82, 2.24) is 0 Å². The molecule has 0 aromatic rings. The van der Waals surface area contributed by atoms with Gasteiger partial charge in [0.2, 0.25) is 0 Å². The van der Waals surface area contributed by atoms with Gasteiger partial charge < -0.3 is 0 Å². The Kier molecular flexibility index (Phi) is 9.69. The first-order valence-electron chi connectivity index (χ1n) is 11.3. The van der Waals surface area contributed by atoms with Crippen LogP contribution in [0.1, 0.15) is 123 Å². The summed E-state index contributed by atoms with van der Waals surface area (Å²) in [6, 6.07) is 0. The van der Waals surface area contributed by atoms with Crippen molar-refractivity contribution in [3.05, 3.63) is 0 Å². The smallest absolute Gasteiger partial charge is 0.0411 e. The van der Waals surface area contributed by atoms with E-state index in [1.807, 2.05) is 0 Å². The van der Waals surface area contributed by atoms with Gasteiger partial charge >= 0.3 is 0 Å². The topological polar surface area (TPSA) is 0 Å². The highest BCUT2D eigenvalue weighted by atomic mass is 14.3. The van der Waals surface area contributed by atoms with E-state index in [1.165, 1.54) is 51.4 Å². The van der Waals surface area contributed by atoms with Crippen molar-refractivity contribution in [3.8, 4) is 0 Å². The van der Waals surface area contributed by atoms with Crippen molar-refractivity contribution in [2.24, 2.45) is 23.7 Å². The molecule has 0 aromatic carbocycles. The van der Waals surface area contributed by atoms with Crippen molar-refractivity contribution in [2.75, 3.05) is 0 Å². The largest absolute Gasteiger partial charge is 0.0654 e. The molecular formula is C23H44. The molecule has 2 saturated carbocycles. The summed E-state index contributed by atoms with van der Waals surface area (Å²) in [5.74, 6) is 4.37. The SMILES string of the molecule is CCCCCC1CCC(C[C@H]2CC[C@H](CCCCC)CC2)CC1. The average Bonchev–Trinajstić information content (AvgIpc) is 2.58. The van der Waals surface area contributed by atoms with Crippen LogP contribution in [-0.2, 0) is 0 Å². The van der Waals surface area contributed by atoms with Crippen LogP contribution in [0.5, 0.6) is 0 Å². The first kappa shape index (κ1) is 19.3. The predicted octanol–water partition coefficient (Wildman–Crippen LogP) is 8.15. The van der Waals surface area contributed by atoms with Gasteiger partial charge in [-0.3, -0.25) is 0 Å². The maximum absolute atomic E-state index is 2.33. The van der Waals surface area contributed by atoms with E-state index in [0.717, 1.165) is 23.7 Å². The van der Waals surface area contributed by atoms with E-state index in [4.69, 9.17) is 0 Å². The minimum Gasteiger partial charge on any atom is -0.0654 e. The molecule has 0 saturated heterocycles. The Morgan fingerprint density at radius 1 is 0.478 bits per heavy atom. The zero-order valence-electron chi connectivity index (χ0n) is 16.3. The molecule has 0 heteroatoms. The van der Waals surface area contributed by atoms with Crippen LogP contribution in [0.25, 0.3) is 0 Å². The van der Waals surface area contributed by atoms with Gasteiger partial charge in [-0.2, -0.15) is 0 Å². The van der Waals surface area contributed by atoms with Crippen LogP contribution in [0.3, 0.4) is 0 Å². The zero-order valence-corrected chi connectivity index (χ0v) is 16.3. The Bertz CT molecular complexity index is 238. The summed E-state index contributed by atoms with van der Waals surface area (Å²) in [6.07, 6.45) is 25.8. The van der Waals surface area contributed by atoms with Gasteiger partial charge in [-0.15, -0.1) is 0 Å². The maximum atomic E-state index is 2.33. The van der Waals surface area contributed by atoms with Gasteiger partial charge in [0.15, 0.2) is 0 Å². The summed E-state index contributed by atoms with van der Waals surface area (Å²) >= 11 is 0. The average molecular weight is 321 g/mol. The molecule has 0 nitrogen and oxygen atoms in total. The van der Waals surface area contributed by atoms with Crippen molar-refractivity contribution in [1.29, 1.82) is 0 Å². The van der Waals surface area contributed by atoms with E-state index in [0.29, 0.717) is 0 Å². The molecule has 0 unspecified atom stereocenters. The van der Waals surface area contributed by atoms with Gasteiger partial charge in [-0.1, -0.05) is 117 Å². The molecule has 23 heavy (non-hydrogen) atoms. The summed E-state index contributed by atoms with van der Waals surface area (Å²) in [7, 11) is 0. The first-order valence-corrected chi connectivity index (χ1v) is 11.3. The second-order valence-corrected chi connectivity index (χ2v) is 9.00. The number of rotatable bonds is 10. The molecule has 0 aromatic heterocycles. The molecule has 0 spiro atoms. The normalized spacial score (nSPS) is 32.1. The third-order valence-electron chi connectivity index (χ3n) is 7.03. The summed E-state index contributed by atoms with van der Waals surface area (Å²) in [4.78, 5) is 0. The molecule has 2 aliphatic carbocycles. The number of unbranched alkanes of at least 4 members (excludes halogenated alkanes) is 4. The third-order valence-corrected chi connectivity index (χ3v) is 7.03. The Labute approximate surface area is 147 Å². The Balaban J connectivity index is 1.53. The molecular weight excluding hydrogens is 276 g/mol. The molecule has 0 aliphatic heterocycles. The first-order chi connectivity index (χ1) is 11.3. The number of hydrogen-bond acceptors (Lipinski definition) is 0. The van der Waals surface area contributed by atoms with Gasteiger partial charge in [-0.05, 0) is 30.1 Å². The van der Waals surface area contributed by atoms with E-state index in [-0.39, 0.29) is 0 Å². The highest BCUT2D eigenvalue weighted by molar-refractivity contribution is 4.78. The van der Waals surface area contributed by atoms with Gasteiger partial charge in [0.05, 0.1) is 0 Å². The fourth-order valence-electron chi connectivity index (χ4n) is 5.35. The van der Waals surface area contributed by atoms with Crippen molar-refractivity contribution in [2.45, 2.75) is 123 Å². The van der Waals surface area contributed by atoms with Crippen molar-refractivity contribution in [3.63, 3.8) is 0 Å². The lowest BCUT2D eigenvalue weighted by Gasteiger charge is -2.34. The zero-order chi connectivity index (χ0) is 16.3. The monoisotopic (exact) mass is 320 g/mol. The van der Waals surface area contributed by atoms with Crippen LogP contribution >= 0.6 is 0 Å². The lowest BCUT2D eigenvalue weighted by molar-refractivity contribution is 0.183. The minimum atomic E-state index is 1.09. The van der Waals surface area contributed by atoms with E-state index >= 15 is 0 Å². The van der Waals surface area contributed by atoms with Gasteiger partial charge in [-0.25, -0.2) is 0 Å². The molecule has 136 valence electrons. The predicted molar refractivity (Wildman–Crippen MR) is 104 cm³/mol. The molecule has 0 N–H and O–H groups in total. The van der Waals surface area contributed by atoms with E-state index in [9.17, 15) is 0 Å². The second kappa shape index (κ2) is 11.5. The maximum Gasteiger partial charge on any atom is -0.0411 e. The minimum absolute atomic E-state index is 1.09. The third kappa shape index (κ3) is 7.61. The molecule has 0 bridgehead atoms. The van der Waals surface area contributed by atoms with E-state index < -0.39 is 0 Å². The fourth-order valence-corrected chi connectivity index (χ4v) is 5.35.